The molecule has 2 aromatic rings. The lowest BCUT2D eigenvalue weighted by Crippen LogP contribution is -2.31. The van der Waals surface area contributed by atoms with Crippen molar-refractivity contribution in [2.45, 2.75) is 20.8 Å². The number of H-pyrrole nitrogens is 1. The number of rotatable bonds is 0. The minimum absolute atomic E-state index is 0.288. The number of aromatic nitrogens is 3. The lowest BCUT2D eigenvalue weighted by molar-refractivity contribution is 0.793. The Kier molecular flexibility index (Phi) is 3.41. The van der Waals surface area contributed by atoms with Gasteiger partial charge in [-0.1, -0.05) is 13.8 Å². The number of hydrogen-bond donors (Lipinski definition) is 1. The molecule has 0 aliphatic heterocycles. The summed E-state index contributed by atoms with van der Waals surface area (Å²) in [4.78, 5) is 29.2. The number of fused-ring (bicyclic) bond motifs is 1. The van der Waals surface area contributed by atoms with Crippen LogP contribution in [0.2, 0.25) is 0 Å². The molecular formula is C9H13N3O2S. The Balaban J connectivity index is 0.000000531. The van der Waals surface area contributed by atoms with Gasteiger partial charge < -0.3 is 0 Å². The fraction of sp³-hybridized carbons (Fsp3) is 0.444. The lowest BCUT2D eigenvalue weighted by Gasteiger charge is -1.92. The predicted octanol–water partition coefficient (Wildman–Crippen LogP) is 1.02. The minimum atomic E-state index is -0.428. The zero-order valence-corrected chi connectivity index (χ0v) is 9.94. The van der Waals surface area contributed by atoms with Gasteiger partial charge >= 0.3 is 5.69 Å². The van der Waals surface area contributed by atoms with Crippen molar-refractivity contribution in [3.8, 4) is 0 Å². The van der Waals surface area contributed by atoms with Crippen LogP contribution < -0.4 is 11.2 Å². The number of nitrogens with zero attached hydrogens (tertiary/aromatic N) is 2. The molecule has 0 aliphatic rings. The van der Waals surface area contributed by atoms with Crippen LogP contribution in [-0.4, -0.2) is 14.5 Å². The molecule has 0 atom stereocenters. The highest BCUT2D eigenvalue weighted by Gasteiger charge is 2.07. The van der Waals surface area contributed by atoms with Crippen LogP contribution in [0.5, 0.6) is 0 Å². The van der Waals surface area contributed by atoms with Gasteiger partial charge in [0.25, 0.3) is 5.56 Å². The van der Waals surface area contributed by atoms with E-state index >= 15 is 0 Å². The van der Waals surface area contributed by atoms with Crippen molar-refractivity contribution in [1.29, 1.82) is 0 Å². The smallest absolute Gasteiger partial charge is 0.290 e. The Morgan fingerprint density at radius 1 is 1.33 bits per heavy atom. The molecule has 0 bridgehead atoms. The van der Waals surface area contributed by atoms with Gasteiger partial charge in [0.1, 0.15) is 4.70 Å². The van der Waals surface area contributed by atoms with Crippen LogP contribution in [0.1, 0.15) is 18.9 Å². The molecule has 0 spiro atoms. The van der Waals surface area contributed by atoms with Gasteiger partial charge in [-0.3, -0.25) is 14.3 Å². The van der Waals surface area contributed by atoms with Crippen molar-refractivity contribution in [3.63, 3.8) is 0 Å². The molecule has 0 radical (unpaired) electrons. The Bertz CT molecular complexity index is 579. The van der Waals surface area contributed by atoms with Crippen molar-refractivity contribution in [3.05, 3.63) is 25.8 Å². The standard InChI is InChI=1S/C7H7N3O2S.C2H6/c1-3-8-5-4(13-3)6(11)10(2)7(12)9-5;1-2/h1-2H3,(H,9,12);1-2H3. The summed E-state index contributed by atoms with van der Waals surface area (Å²) < 4.78 is 1.54. The van der Waals surface area contributed by atoms with E-state index in [9.17, 15) is 9.59 Å². The van der Waals surface area contributed by atoms with Crippen LogP contribution in [0.3, 0.4) is 0 Å². The molecular weight excluding hydrogens is 214 g/mol. The maximum absolute atomic E-state index is 11.5. The average molecular weight is 227 g/mol. The summed E-state index contributed by atoms with van der Waals surface area (Å²) in [5.41, 5.74) is -0.331. The molecule has 1 N–H and O–H groups in total. The van der Waals surface area contributed by atoms with E-state index in [0.717, 1.165) is 9.57 Å². The molecule has 82 valence electrons. The third-order valence-electron chi connectivity index (χ3n) is 1.76. The largest absolute Gasteiger partial charge is 0.329 e. The fourth-order valence-electron chi connectivity index (χ4n) is 1.09. The molecule has 0 aromatic carbocycles. The van der Waals surface area contributed by atoms with Crippen LogP contribution in [0.15, 0.2) is 9.59 Å². The number of nitrogens with one attached hydrogen (secondary N) is 1. The van der Waals surface area contributed by atoms with E-state index in [4.69, 9.17) is 0 Å². The molecule has 15 heavy (non-hydrogen) atoms. The van der Waals surface area contributed by atoms with Crippen LogP contribution in [-0.2, 0) is 7.05 Å². The van der Waals surface area contributed by atoms with Gasteiger partial charge in [0.05, 0.1) is 5.01 Å². The number of hydrogen-bond acceptors (Lipinski definition) is 4. The number of aryl methyl sites for hydroxylation is 1. The Morgan fingerprint density at radius 2 is 1.93 bits per heavy atom. The van der Waals surface area contributed by atoms with Crippen LogP contribution in [0.25, 0.3) is 10.3 Å². The zero-order valence-electron chi connectivity index (χ0n) is 9.12. The van der Waals surface area contributed by atoms with Crippen molar-refractivity contribution in [2.24, 2.45) is 7.05 Å². The third-order valence-corrected chi connectivity index (χ3v) is 2.72. The molecule has 0 unspecified atom stereocenters. The van der Waals surface area contributed by atoms with Gasteiger partial charge in [-0.2, -0.15) is 0 Å². The summed E-state index contributed by atoms with van der Waals surface area (Å²) in [5.74, 6) is 0. The first-order valence-electron chi connectivity index (χ1n) is 4.66. The summed E-state index contributed by atoms with van der Waals surface area (Å²) in [6, 6.07) is 0. The van der Waals surface area contributed by atoms with Gasteiger partial charge in [0.2, 0.25) is 0 Å². The highest BCUT2D eigenvalue weighted by molar-refractivity contribution is 7.18. The van der Waals surface area contributed by atoms with Gasteiger partial charge in [-0.15, -0.1) is 11.3 Å². The minimum Gasteiger partial charge on any atom is -0.290 e. The van der Waals surface area contributed by atoms with Gasteiger partial charge in [0.15, 0.2) is 5.65 Å². The van der Waals surface area contributed by atoms with E-state index < -0.39 is 5.69 Å². The zero-order chi connectivity index (χ0) is 11.6. The molecule has 0 aliphatic carbocycles. The Hall–Kier alpha value is -1.43. The highest BCUT2D eigenvalue weighted by Crippen LogP contribution is 2.13. The van der Waals surface area contributed by atoms with E-state index in [-0.39, 0.29) is 5.56 Å². The summed E-state index contributed by atoms with van der Waals surface area (Å²) in [7, 11) is 1.44. The first-order valence-corrected chi connectivity index (χ1v) is 5.47. The molecule has 2 rings (SSSR count). The molecule has 0 fully saturated rings. The second-order valence-corrected chi connectivity index (χ2v) is 3.91. The van der Waals surface area contributed by atoms with Crippen LogP contribution >= 0.6 is 11.3 Å². The molecule has 5 nitrogen and oxygen atoms in total. The highest BCUT2D eigenvalue weighted by atomic mass is 32.1. The first-order chi connectivity index (χ1) is 7.09. The fourth-order valence-corrected chi connectivity index (χ4v) is 1.94. The monoisotopic (exact) mass is 227 g/mol. The maximum Gasteiger partial charge on any atom is 0.329 e. The third kappa shape index (κ3) is 1.99. The quantitative estimate of drug-likeness (QED) is 0.730. The second kappa shape index (κ2) is 4.39. The summed E-state index contributed by atoms with van der Waals surface area (Å²) >= 11 is 1.29. The lowest BCUT2D eigenvalue weighted by atomic mass is 10.6. The normalized spacial score (nSPS) is 9.87. The van der Waals surface area contributed by atoms with Crippen molar-refractivity contribution in [2.75, 3.05) is 0 Å². The summed E-state index contributed by atoms with van der Waals surface area (Å²) in [5, 5.41) is 0.772. The first kappa shape index (κ1) is 11.6. The van der Waals surface area contributed by atoms with Gasteiger partial charge in [-0.05, 0) is 6.92 Å². The number of thiazole rings is 1. The van der Waals surface area contributed by atoms with Gasteiger partial charge in [-0.25, -0.2) is 9.78 Å². The van der Waals surface area contributed by atoms with E-state index in [1.165, 1.54) is 18.4 Å². The Morgan fingerprint density at radius 3 is 2.53 bits per heavy atom. The Labute approximate surface area is 90.4 Å². The molecule has 6 heteroatoms. The molecule has 0 saturated heterocycles. The van der Waals surface area contributed by atoms with Crippen molar-refractivity contribution >= 4 is 21.7 Å². The molecule has 2 aromatic heterocycles. The van der Waals surface area contributed by atoms with E-state index in [1.54, 1.807) is 6.92 Å². The van der Waals surface area contributed by atoms with Gasteiger partial charge in [0, 0.05) is 7.05 Å². The SMILES string of the molecule is CC.Cc1nc2[nH]c(=O)n(C)c(=O)c2s1. The van der Waals surface area contributed by atoms with Crippen molar-refractivity contribution in [1.82, 2.24) is 14.5 Å². The van der Waals surface area contributed by atoms with E-state index in [1.807, 2.05) is 13.8 Å². The predicted molar refractivity (Wildman–Crippen MR) is 61.6 cm³/mol. The maximum atomic E-state index is 11.5. The summed E-state index contributed by atoms with van der Waals surface area (Å²) in [6.45, 7) is 5.79. The van der Waals surface area contributed by atoms with Crippen molar-refractivity contribution < 1.29 is 0 Å². The summed E-state index contributed by atoms with van der Waals surface area (Å²) in [6.07, 6.45) is 0. The molecule has 2 heterocycles. The number of aromatic amines is 1. The van der Waals surface area contributed by atoms with E-state index in [0.29, 0.717) is 10.3 Å². The second-order valence-electron chi connectivity index (χ2n) is 2.70. The van der Waals surface area contributed by atoms with Crippen LogP contribution in [0.4, 0.5) is 0 Å². The molecule has 0 amide bonds. The van der Waals surface area contributed by atoms with E-state index in [2.05, 4.69) is 9.97 Å². The molecule has 0 saturated carbocycles. The van der Waals surface area contributed by atoms with Crippen LogP contribution in [0, 0.1) is 6.92 Å². The average Bonchev–Trinajstić information content (AvgIpc) is 2.59. The topological polar surface area (TPSA) is 67.8 Å².